The van der Waals surface area contributed by atoms with Gasteiger partial charge in [0, 0.05) is 30.9 Å². The maximum Gasteiger partial charge on any atom is 0.254 e. The van der Waals surface area contributed by atoms with Crippen molar-refractivity contribution >= 4 is 5.91 Å². The molecule has 0 spiro atoms. The van der Waals surface area contributed by atoms with E-state index in [2.05, 4.69) is 5.10 Å². The largest absolute Gasteiger partial charge is 0.331 e. The van der Waals surface area contributed by atoms with Crippen LogP contribution in [-0.2, 0) is 7.05 Å². The van der Waals surface area contributed by atoms with Gasteiger partial charge >= 0.3 is 0 Å². The van der Waals surface area contributed by atoms with Crippen LogP contribution >= 0.6 is 0 Å². The number of rotatable bonds is 2. The molecule has 2 aromatic rings. The standard InChI is InChI=1S/C17H20FN3O/c1-20-12-14(11-19-20)16-5-3-2-4-10-21(16)17(22)13-6-8-15(18)9-7-13/h6-9,11-12,16H,2-5,10H2,1H3/t16-/m0/s1. The van der Waals surface area contributed by atoms with Crippen molar-refractivity contribution in [3.8, 4) is 0 Å². The Balaban J connectivity index is 1.89. The Morgan fingerprint density at radius 3 is 2.68 bits per heavy atom. The summed E-state index contributed by atoms with van der Waals surface area (Å²) in [6.07, 6.45) is 7.99. The summed E-state index contributed by atoms with van der Waals surface area (Å²) in [7, 11) is 1.88. The van der Waals surface area contributed by atoms with Crippen molar-refractivity contribution in [3.63, 3.8) is 0 Å². The van der Waals surface area contributed by atoms with Gasteiger partial charge < -0.3 is 4.90 Å². The molecule has 116 valence electrons. The molecule has 1 aliphatic heterocycles. The van der Waals surface area contributed by atoms with Crippen molar-refractivity contribution in [1.29, 1.82) is 0 Å². The minimum Gasteiger partial charge on any atom is -0.331 e. The molecule has 1 aromatic carbocycles. The number of hydrogen-bond acceptors (Lipinski definition) is 2. The molecule has 0 aliphatic carbocycles. The van der Waals surface area contributed by atoms with E-state index < -0.39 is 0 Å². The number of halogens is 1. The first-order chi connectivity index (χ1) is 10.6. The molecule has 1 aliphatic rings. The second kappa shape index (κ2) is 6.30. The van der Waals surface area contributed by atoms with Crippen molar-refractivity contribution in [3.05, 3.63) is 53.6 Å². The van der Waals surface area contributed by atoms with Gasteiger partial charge in [0.2, 0.25) is 0 Å². The SMILES string of the molecule is Cn1cc([C@@H]2CCCCCN2C(=O)c2ccc(F)cc2)cn1. The van der Waals surface area contributed by atoms with Gasteiger partial charge in [0.25, 0.3) is 5.91 Å². The van der Waals surface area contributed by atoms with Crippen LogP contribution in [-0.4, -0.2) is 27.1 Å². The van der Waals surface area contributed by atoms with E-state index in [-0.39, 0.29) is 17.8 Å². The van der Waals surface area contributed by atoms with Gasteiger partial charge in [-0.1, -0.05) is 12.8 Å². The van der Waals surface area contributed by atoms with E-state index in [0.717, 1.165) is 37.8 Å². The summed E-state index contributed by atoms with van der Waals surface area (Å²) in [4.78, 5) is 14.7. The molecule has 0 radical (unpaired) electrons. The Labute approximate surface area is 129 Å². The summed E-state index contributed by atoms with van der Waals surface area (Å²) >= 11 is 0. The maximum atomic E-state index is 13.1. The number of hydrogen-bond donors (Lipinski definition) is 0. The molecular weight excluding hydrogens is 281 g/mol. The lowest BCUT2D eigenvalue weighted by molar-refractivity contribution is 0.0681. The van der Waals surface area contributed by atoms with E-state index in [0.29, 0.717) is 5.56 Å². The Morgan fingerprint density at radius 2 is 2.00 bits per heavy atom. The number of nitrogens with zero attached hydrogens (tertiary/aromatic N) is 3. The van der Waals surface area contributed by atoms with Crippen LogP contribution in [0.4, 0.5) is 4.39 Å². The topological polar surface area (TPSA) is 38.1 Å². The van der Waals surface area contributed by atoms with Crippen LogP contribution in [0.5, 0.6) is 0 Å². The highest BCUT2D eigenvalue weighted by molar-refractivity contribution is 5.94. The van der Waals surface area contributed by atoms with Crippen LogP contribution in [0.15, 0.2) is 36.7 Å². The number of carbonyl (C=O) groups excluding carboxylic acids is 1. The van der Waals surface area contributed by atoms with Crippen molar-refractivity contribution in [2.24, 2.45) is 7.05 Å². The molecule has 4 nitrogen and oxygen atoms in total. The monoisotopic (exact) mass is 301 g/mol. The fraction of sp³-hybridized carbons (Fsp3) is 0.412. The van der Waals surface area contributed by atoms with Gasteiger partial charge in [-0.3, -0.25) is 9.48 Å². The first-order valence-electron chi connectivity index (χ1n) is 7.70. The quantitative estimate of drug-likeness (QED) is 0.853. The summed E-state index contributed by atoms with van der Waals surface area (Å²) < 4.78 is 14.8. The van der Waals surface area contributed by atoms with Crippen molar-refractivity contribution in [2.45, 2.75) is 31.7 Å². The fourth-order valence-electron chi connectivity index (χ4n) is 3.07. The van der Waals surface area contributed by atoms with Gasteiger partial charge in [-0.05, 0) is 37.1 Å². The number of aryl methyl sites for hydroxylation is 1. The fourth-order valence-corrected chi connectivity index (χ4v) is 3.07. The summed E-state index contributed by atoms with van der Waals surface area (Å²) in [5.74, 6) is -0.355. The predicted molar refractivity (Wildman–Crippen MR) is 81.9 cm³/mol. The number of likely N-dealkylation sites (tertiary alicyclic amines) is 1. The third kappa shape index (κ3) is 3.03. The molecule has 2 heterocycles. The third-order valence-electron chi connectivity index (χ3n) is 4.21. The Morgan fingerprint density at radius 1 is 1.23 bits per heavy atom. The van der Waals surface area contributed by atoms with E-state index >= 15 is 0 Å². The molecule has 1 amide bonds. The van der Waals surface area contributed by atoms with E-state index in [9.17, 15) is 9.18 Å². The lowest BCUT2D eigenvalue weighted by Crippen LogP contribution is -2.34. The number of carbonyl (C=O) groups is 1. The van der Waals surface area contributed by atoms with Gasteiger partial charge in [0.15, 0.2) is 0 Å². The first kappa shape index (κ1) is 14.8. The van der Waals surface area contributed by atoms with Gasteiger partial charge in [0.05, 0.1) is 12.2 Å². The minimum atomic E-state index is -0.323. The molecule has 0 bridgehead atoms. The van der Waals surface area contributed by atoms with Crippen LogP contribution in [0.25, 0.3) is 0 Å². The average molecular weight is 301 g/mol. The summed E-state index contributed by atoms with van der Waals surface area (Å²) in [5, 5.41) is 4.23. The lowest BCUT2D eigenvalue weighted by Gasteiger charge is -2.29. The molecule has 1 saturated heterocycles. The highest BCUT2D eigenvalue weighted by Crippen LogP contribution is 2.31. The van der Waals surface area contributed by atoms with Crippen LogP contribution in [0, 0.1) is 5.82 Å². The van der Waals surface area contributed by atoms with Gasteiger partial charge in [-0.2, -0.15) is 5.10 Å². The van der Waals surface area contributed by atoms with Crippen LogP contribution in [0.3, 0.4) is 0 Å². The highest BCUT2D eigenvalue weighted by atomic mass is 19.1. The molecule has 3 rings (SSSR count). The Hall–Kier alpha value is -2.17. The molecular formula is C17H20FN3O. The van der Waals surface area contributed by atoms with E-state index in [1.165, 1.54) is 12.1 Å². The zero-order chi connectivity index (χ0) is 15.5. The van der Waals surface area contributed by atoms with Crippen LogP contribution in [0.1, 0.15) is 47.6 Å². The first-order valence-corrected chi connectivity index (χ1v) is 7.70. The molecule has 1 aromatic heterocycles. The zero-order valence-corrected chi connectivity index (χ0v) is 12.7. The number of amides is 1. The second-order valence-corrected chi connectivity index (χ2v) is 5.82. The molecule has 22 heavy (non-hydrogen) atoms. The van der Waals surface area contributed by atoms with Crippen molar-refractivity contribution in [1.82, 2.24) is 14.7 Å². The number of aromatic nitrogens is 2. The predicted octanol–water partition coefficient (Wildman–Crippen LogP) is 3.32. The summed E-state index contributed by atoms with van der Waals surface area (Å²) in [5.41, 5.74) is 1.61. The molecule has 5 heteroatoms. The van der Waals surface area contributed by atoms with Crippen molar-refractivity contribution in [2.75, 3.05) is 6.54 Å². The van der Waals surface area contributed by atoms with Crippen LogP contribution < -0.4 is 0 Å². The van der Waals surface area contributed by atoms with E-state index in [4.69, 9.17) is 0 Å². The van der Waals surface area contributed by atoms with E-state index in [1.807, 2.05) is 24.3 Å². The minimum absolute atomic E-state index is 0.0317. The third-order valence-corrected chi connectivity index (χ3v) is 4.21. The van der Waals surface area contributed by atoms with E-state index in [1.54, 1.807) is 16.8 Å². The highest BCUT2D eigenvalue weighted by Gasteiger charge is 2.28. The van der Waals surface area contributed by atoms with Gasteiger partial charge in [-0.15, -0.1) is 0 Å². The normalized spacial score (nSPS) is 19.0. The second-order valence-electron chi connectivity index (χ2n) is 5.82. The molecule has 0 N–H and O–H groups in total. The Kier molecular flexibility index (Phi) is 4.22. The smallest absolute Gasteiger partial charge is 0.254 e. The lowest BCUT2D eigenvalue weighted by atomic mass is 10.0. The number of benzene rings is 1. The van der Waals surface area contributed by atoms with Gasteiger partial charge in [-0.25, -0.2) is 4.39 Å². The molecule has 1 fully saturated rings. The zero-order valence-electron chi connectivity index (χ0n) is 12.7. The van der Waals surface area contributed by atoms with Crippen molar-refractivity contribution < 1.29 is 9.18 Å². The molecule has 0 unspecified atom stereocenters. The Bertz CT molecular complexity index is 650. The van der Waals surface area contributed by atoms with Crippen LogP contribution in [0.2, 0.25) is 0 Å². The summed E-state index contributed by atoms with van der Waals surface area (Å²) in [6.45, 7) is 0.732. The molecule has 0 saturated carbocycles. The summed E-state index contributed by atoms with van der Waals surface area (Å²) in [6, 6.07) is 5.84. The molecule has 1 atom stereocenters. The average Bonchev–Trinajstić information content (AvgIpc) is 2.81. The maximum absolute atomic E-state index is 13.1. The van der Waals surface area contributed by atoms with Gasteiger partial charge in [0.1, 0.15) is 5.82 Å².